The first-order chi connectivity index (χ1) is 12.0. The lowest BCUT2D eigenvalue weighted by Gasteiger charge is -2.22. The second-order valence-corrected chi connectivity index (χ2v) is 6.11. The highest BCUT2D eigenvalue weighted by Gasteiger charge is 2.22. The van der Waals surface area contributed by atoms with E-state index in [4.69, 9.17) is 19.0 Å². The second-order valence-electron chi connectivity index (χ2n) is 6.11. The SMILES string of the molecule is Cc1cc(COC2CCCCO2)cc(C(=O)c2occc2C(=O)O)c1. The summed E-state index contributed by atoms with van der Waals surface area (Å²) in [6, 6.07) is 6.61. The first-order valence-corrected chi connectivity index (χ1v) is 8.24. The van der Waals surface area contributed by atoms with Crippen LogP contribution in [0, 0.1) is 6.92 Å². The number of carbonyl (C=O) groups is 2. The summed E-state index contributed by atoms with van der Waals surface area (Å²) in [5.74, 6) is -1.82. The maximum atomic E-state index is 12.6. The monoisotopic (exact) mass is 344 g/mol. The molecule has 1 aliphatic heterocycles. The molecule has 2 heterocycles. The fourth-order valence-corrected chi connectivity index (χ4v) is 2.89. The van der Waals surface area contributed by atoms with Gasteiger partial charge in [0.2, 0.25) is 5.78 Å². The number of carbonyl (C=O) groups excluding carboxylic acids is 1. The summed E-state index contributed by atoms with van der Waals surface area (Å²) >= 11 is 0. The van der Waals surface area contributed by atoms with Crippen LogP contribution in [-0.4, -0.2) is 29.8 Å². The number of rotatable bonds is 6. The lowest BCUT2D eigenvalue weighted by Crippen LogP contribution is -2.22. The van der Waals surface area contributed by atoms with E-state index in [0.717, 1.165) is 30.4 Å². The fourth-order valence-electron chi connectivity index (χ4n) is 2.89. The number of carboxylic acid groups (broad SMARTS) is 1. The zero-order valence-electron chi connectivity index (χ0n) is 14.0. The number of aryl methyl sites for hydroxylation is 1. The fraction of sp³-hybridized carbons (Fsp3) is 0.368. The standard InChI is InChI=1S/C19H20O6/c1-12-8-13(11-25-16-4-2-3-6-23-16)10-14(9-12)17(20)18-15(19(21)22)5-7-24-18/h5,7-10,16H,2-4,6,11H2,1H3,(H,21,22). The Hall–Kier alpha value is -2.44. The van der Waals surface area contributed by atoms with E-state index in [1.54, 1.807) is 12.1 Å². The highest BCUT2D eigenvalue weighted by atomic mass is 16.7. The lowest BCUT2D eigenvalue weighted by atomic mass is 10.0. The van der Waals surface area contributed by atoms with E-state index in [2.05, 4.69) is 0 Å². The summed E-state index contributed by atoms with van der Waals surface area (Å²) in [4.78, 5) is 23.8. The van der Waals surface area contributed by atoms with Gasteiger partial charge < -0.3 is 19.0 Å². The van der Waals surface area contributed by atoms with E-state index in [9.17, 15) is 9.59 Å². The lowest BCUT2D eigenvalue weighted by molar-refractivity contribution is -0.168. The molecule has 0 saturated carbocycles. The van der Waals surface area contributed by atoms with Gasteiger partial charge in [-0.2, -0.15) is 0 Å². The van der Waals surface area contributed by atoms with Crippen LogP contribution >= 0.6 is 0 Å². The highest BCUT2D eigenvalue weighted by Crippen LogP contribution is 2.20. The molecule has 0 spiro atoms. The number of aromatic carboxylic acids is 1. The van der Waals surface area contributed by atoms with E-state index in [1.807, 2.05) is 13.0 Å². The molecule has 1 aromatic heterocycles. The molecular formula is C19H20O6. The molecule has 1 aromatic carbocycles. The highest BCUT2D eigenvalue weighted by molar-refractivity contribution is 6.12. The normalized spacial score (nSPS) is 17.4. The molecule has 132 valence electrons. The van der Waals surface area contributed by atoms with Gasteiger partial charge in [-0.15, -0.1) is 0 Å². The number of benzene rings is 1. The molecule has 25 heavy (non-hydrogen) atoms. The minimum atomic E-state index is -1.19. The van der Waals surface area contributed by atoms with Crippen LogP contribution in [0.4, 0.5) is 0 Å². The summed E-state index contributed by atoms with van der Waals surface area (Å²) in [5, 5.41) is 9.14. The molecule has 1 unspecified atom stereocenters. The van der Waals surface area contributed by atoms with Crippen molar-refractivity contribution >= 4 is 11.8 Å². The van der Waals surface area contributed by atoms with Gasteiger partial charge in [0.25, 0.3) is 0 Å². The third-order valence-corrected chi connectivity index (χ3v) is 4.07. The largest absolute Gasteiger partial charge is 0.478 e. The van der Waals surface area contributed by atoms with E-state index in [-0.39, 0.29) is 17.6 Å². The van der Waals surface area contributed by atoms with Crippen LogP contribution < -0.4 is 0 Å². The molecule has 0 bridgehead atoms. The number of ketones is 1. The van der Waals surface area contributed by atoms with Crippen molar-refractivity contribution in [3.8, 4) is 0 Å². The Labute approximate surface area is 145 Å². The van der Waals surface area contributed by atoms with Gasteiger partial charge in [0, 0.05) is 12.2 Å². The third-order valence-electron chi connectivity index (χ3n) is 4.07. The Bertz CT molecular complexity index is 770. The second kappa shape index (κ2) is 7.63. The Morgan fingerprint density at radius 1 is 1.28 bits per heavy atom. The van der Waals surface area contributed by atoms with Crippen LogP contribution in [0.15, 0.2) is 34.9 Å². The molecule has 2 aromatic rings. The van der Waals surface area contributed by atoms with Crippen molar-refractivity contribution in [2.24, 2.45) is 0 Å². The minimum Gasteiger partial charge on any atom is -0.478 e. The minimum absolute atomic E-state index is 0.139. The summed E-state index contributed by atoms with van der Waals surface area (Å²) in [6.45, 7) is 2.91. The Morgan fingerprint density at radius 3 is 2.84 bits per heavy atom. The summed E-state index contributed by atoms with van der Waals surface area (Å²) in [6.07, 6.45) is 4.00. The summed E-state index contributed by atoms with van der Waals surface area (Å²) in [7, 11) is 0. The van der Waals surface area contributed by atoms with Gasteiger partial charge in [0.05, 0.1) is 12.9 Å². The molecule has 0 aliphatic carbocycles. The first-order valence-electron chi connectivity index (χ1n) is 8.24. The van der Waals surface area contributed by atoms with Gasteiger partial charge >= 0.3 is 5.97 Å². The van der Waals surface area contributed by atoms with Crippen LogP contribution in [0.2, 0.25) is 0 Å². The Kier molecular flexibility index (Phi) is 5.31. The number of furan rings is 1. The van der Waals surface area contributed by atoms with Crippen molar-refractivity contribution in [1.29, 1.82) is 0 Å². The van der Waals surface area contributed by atoms with Crippen molar-refractivity contribution in [3.63, 3.8) is 0 Å². The van der Waals surface area contributed by atoms with E-state index in [0.29, 0.717) is 18.8 Å². The molecule has 1 fully saturated rings. The molecule has 0 radical (unpaired) electrons. The van der Waals surface area contributed by atoms with Crippen LogP contribution in [-0.2, 0) is 16.1 Å². The Balaban J connectivity index is 1.77. The number of hydrogen-bond donors (Lipinski definition) is 1. The smallest absolute Gasteiger partial charge is 0.339 e. The van der Waals surface area contributed by atoms with Gasteiger partial charge in [0.15, 0.2) is 12.1 Å². The van der Waals surface area contributed by atoms with E-state index >= 15 is 0 Å². The van der Waals surface area contributed by atoms with Crippen molar-refractivity contribution in [1.82, 2.24) is 0 Å². The first kappa shape index (κ1) is 17.4. The molecule has 0 amide bonds. The predicted molar refractivity (Wildman–Crippen MR) is 88.7 cm³/mol. The van der Waals surface area contributed by atoms with Crippen molar-refractivity contribution < 1.29 is 28.6 Å². The molecule has 1 N–H and O–H groups in total. The number of carboxylic acids is 1. The quantitative estimate of drug-likeness (QED) is 0.807. The molecular weight excluding hydrogens is 324 g/mol. The van der Waals surface area contributed by atoms with Gasteiger partial charge in [-0.25, -0.2) is 4.79 Å². The van der Waals surface area contributed by atoms with Crippen LogP contribution in [0.25, 0.3) is 0 Å². The van der Waals surface area contributed by atoms with Gasteiger partial charge in [-0.05, 0) is 49.9 Å². The van der Waals surface area contributed by atoms with Crippen LogP contribution in [0.1, 0.15) is 56.9 Å². The summed E-state index contributed by atoms with van der Waals surface area (Å²) < 4.78 is 16.4. The topological polar surface area (TPSA) is 86.0 Å². The third kappa shape index (κ3) is 4.15. The molecule has 1 saturated heterocycles. The van der Waals surface area contributed by atoms with Gasteiger partial charge in [-0.1, -0.05) is 11.6 Å². The van der Waals surface area contributed by atoms with Crippen LogP contribution in [0.5, 0.6) is 0 Å². The Morgan fingerprint density at radius 2 is 2.12 bits per heavy atom. The van der Waals surface area contributed by atoms with E-state index in [1.165, 1.54) is 12.3 Å². The number of hydrogen-bond acceptors (Lipinski definition) is 5. The molecule has 6 heteroatoms. The number of ether oxygens (including phenoxy) is 2. The zero-order valence-corrected chi connectivity index (χ0v) is 14.0. The average molecular weight is 344 g/mol. The van der Waals surface area contributed by atoms with E-state index < -0.39 is 11.8 Å². The van der Waals surface area contributed by atoms with Crippen molar-refractivity contribution in [2.75, 3.05) is 6.61 Å². The molecule has 1 atom stereocenters. The zero-order chi connectivity index (χ0) is 17.8. The molecule has 1 aliphatic rings. The van der Waals surface area contributed by atoms with Crippen molar-refractivity contribution in [2.45, 2.75) is 39.1 Å². The predicted octanol–water partition coefficient (Wildman–Crippen LogP) is 3.56. The van der Waals surface area contributed by atoms with Crippen LogP contribution in [0.3, 0.4) is 0 Å². The maximum Gasteiger partial charge on any atom is 0.339 e. The molecule has 6 nitrogen and oxygen atoms in total. The maximum absolute atomic E-state index is 12.6. The summed E-state index contributed by atoms with van der Waals surface area (Å²) in [5.41, 5.74) is 1.96. The van der Waals surface area contributed by atoms with Crippen molar-refractivity contribution in [3.05, 3.63) is 58.5 Å². The van der Waals surface area contributed by atoms with Gasteiger partial charge in [-0.3, -0.25) is 4.79 Å². The molecule has 3 rings (SSSR count). The average Bonchev–Trinajstić information content (AvgIpc) is 3.10. The van der Waals surface area contributed by atoms with Gasteiger partial charge in [0.1, 0.15) is 5.56 Å².